The van der Waals surface area contributed by atoms with E-state index in [9.17, 15) is 4.79 Å². The minimum atomic E-state index is -0.499. The predicted octanol–water partition coefficient (Wildman–Crippen LogP) is 6.39. The van der Waals surface area contributed by atoms with Gasteiger partial charge in [0.25, 0.3) is 0 Å². The molecule has 0 bridgehead atoms. The van der Waals surface area contributed by atoms with Crippen LogP contribution in [0.3, 0.4) is 0 Å². The van der Waals surface area contributed by atoms with Crippen molar-refractivity contribution in [1.82, 2.24) is 25.5 Å². The van der Waals surface area contributed by atoms with E-state index in [1.54, 1.807) is 12.3 Å². The van der Waals surface area contributed by atoms with Crippen molar-refractivity contribution < 1.29 is 14.3 Å². The van der Waals surface area contributed by atoms with E-state index in [0.29, 0.717) is 34.1 Å². The second-order valence-corrected chi connectivity index (χ2v) is 13.0. The molecule has 0 unspecified atom stereocenters. The van der Waals surface area contributed by atoms with Gasteiger partial charge in [0.1, 0.15) is 17.2 Å². The van der Waals surface area contributed by atoms with E-state index in [0.717, 1.165) is 81.3 Å². The Kier molecular flexibility index (Phi) is 10.3. The summed E-state index contributed by atoms with van der Waals surface area (Å²) < 4.78 is 11.6. The highest BCUT2D eigenvalue weighted by Gasteiger charge is 2.22. The standard InChI is InChI=1S/C32H40Cl2N6O3/c1-32(2,3)43-31(41)37-19-22-6-10-39(11-7-22)21-23-14-28(24-16-25(33)18-26(34)17-24)38-30(15-23)42-27-4-5-29(36-20-27)40-12-8-35-9-13-40/h4-5,14-18,20,22,35H,6-13,19,21H2,1-3H3,(H,37,41). The van der Waals surface area contributed by atoms with Crippen LogP contribution in [-0.4, -0.2) is 72.4 Å². The molecule has 9 nitrogen and oxygen atoms in total. The summed E-state index contributed by atoms with van der Waals surface area (Å²) in [5.74, 6) is 2.46. The van der Waals surface area contributed by atoms with Crippen molar-refractivity contribution in [1.29, 1.82) is 0 Å². The number of benzene rings is 1. The second kappa shape index (κ2) is 14.1. The molecule has 0 aliphatic carbocycles. The molecule has 2 fully saturated rings. The maximum absolute atomic E-state index is 12.1. The van der Waals surface area contributed by atoms with E-state index >= 15 is 0 Å². The zero-order valence-electron chi connectivity index (χ0n) is 25.0. The van der Waals surface area contributed by atoms with Gasteiger partial charge in [-0.2, -0.15) is 0 Å². The van der Waals surface area contributed by atoms with Crippen molar-refractivity contribution in [2.24, 2.45) is 5.92 Å². The van der Waals surface area contributed by atoms with Crippen LogP contribution < -0.4 is 20.3 Å². The van der Waals surface area contributed by atoms with Crippen molar-refractivity contribution in [3.63, 3.8) is 0 Å². The minimum Gasteiger partial charge on any atom is -0.444 e. The number of anilines is 1. The summed E-state index contributed by atoms with van der Waals surface area (Å²) in [6.45, 7) is 12.6. The molecule has 5 rings (SSSR count). The van der Waals surface area contributed by atoms with Crippen molar-refractivity contribution >= 4 is 35.1 Å². The third-order valence-electron chi connectivity index (χ3n) is 7.45. The Morgan fingerprint density at radius 3 is 2.40 bits per heavy atom. The number of pyridine rings is 2. The highest BCUT2D eigenvalue weighted by molar-refractivity contribution is 6.35. The number of carbonyl (C=O) groups is 1. The van der Waals surface area contributed by atoms with Crippen LogP contribution in [0.5, 0.6) is 11.6 Å². The van der Waals surface area contributed by atoms with Gasteiger partial charge in [0.2, 0.25) is 5.88 Å². The highest BCUT2D eigenvalue weighted by Crippen LogP contribution is 2.31. The van der Waals surface area contributed by atoms with E-state index in [4.69, 9.17) is 37.7 Å². The first-order valence-electron chi connectivity index (χ1n) is 14.9. The number of piperidine rings is 1. The van der Waals surface area contributed by atoms with Crippen molar-refractivity contribution in [2.45, 2.75) is 45.8 Å². The summed E-state index contributed by atoms with van der Waals surface area (Å²) >= 11 is 12.7. The monoisotopic (exact) mass is 626 g/mol. The number of ether oxygens (including phenoxy) is 2. The number of carbonyl (C=O) groups excluding carboxylic acids is 1. The number of aromatic nitrogens is 2. The quantitative estimate of drug-likeness (QED) is 0.297. The van der Waals surface area contributed by atoms with Crippen molar-refractivity contribution in [3.8, 4) is 22.9 Å². The molecule has 3 aromatic rings. The fourth-order valence-corrected chi connectivity index (χ4v) is 5.86. The lowest BCUT2D eigenvalue weighted by atomic mass is 9.96. The van der Waals surface area contributed by atoms with Crippen LogP contribution >= 0.6 is 23.2 Å². The second-order valence-electron chi connectivity index (χ2n) is 12.2. The molecule has 1 amide bonds. The van der Waals surface area contributed by atoms with Gasteiger partial charge in [-0.1, -0.05) is 23.2 Å². The molecule has 4 heterocycles. The lowest BCUT2D eigenvalue weighted by Crippen LogP contribution is -2.43. The van der Waals surface area contributed by atoms with Crippen LogP contribution in [0.25, 0.3) is 11.3 Å². The Hall–Kier alpha value is -3.11. The zero-order valence-corrected chi connectivity index (χ0v) is 26.5. The number of nitrogens with one attached hydrogen (secondary N) is 2. The third kappa shape index (κ3) is 9.44. The molecule has 2 aliphatic rings. The lowest BCUT2D eigenvalue weighted by molar-refractivity contribution is 0.0509. The molecule has 0 spiro atoms. The Balaban J connectivity index is 1.27. The number of hydrogen-bond donors (Lipinski definition) is 2. The largest absolute Gasteiger partial charge is 0.444 e. The van der Waals surface area contributed by atoms with Gasteiger partial charge in [-0.15, -0.1) is 0 Å². The van der Waals surface area contributed by atoms with Gasteiger partial charge in [0.05, 0.1) is 11.9 Å². The summed E-state index contributed by atoms with van der Waals surface area (Å²) in [6.07, 6.45) is 3.37. The number of amides is 1. The molecular formula is C32H40Cl2N6O3. The number of likely N-dealkylation sites (tertiary alicyclic amines) is 1. The van der Waals surface area contributed by atoms with E-state index < -0.39 is 5.60 Å². The molecule has 2 aliphatic heterocycles. The average molecular weight is 628 g/mol. The number of piperazine rings is 1. The highest BCUT2D eigenvalue weighted by atomic mass is 35.5. The van der Waals surface area contributed by atoms with Gasteiger partial charge < -0.3 is 25.0 Å². The minimum absolute atomic E-state index is 0.360. The molecule has 230 valence electrons. The third-order valence-corrected chi connectivity index (χ3v) is 7.89. The summed E-state index contributed by atoms with van der Waals surface area (Å²) in [5.41, 5.74) is 2.13. The van der Waals surface area contributed by atoms with Gasteiger partial charge in [0.15, 0.2) is 0 Å². The molecular weight excluding hydrogens is 587 g/mol. The Labute approximate surface area is 263 Å². The lowest BCUT2D eigenvalue weighted by Gasteiger charge is -2.32. The average Bonchev–Trinajstić information content (AvgIpc) is 2.96. The van der Waals surface area contributed by atoms with Crippen LogP contribution in [0, 0.1) is 5.92 Å². The van der Waals surface area contributed by atoms with Crippen LogP contribution in [0.15, 0.2) is 48.7 Å². The maximum Gasteiger partial charge on any atom is 0.407 e. The normalized spacial score (nSPS) is 16.6. The van der Waals surface area contributed by atoms with E-state index in [2.05, 4.69) is 31.5 Å². The van der Waals surface area contributed by atoms with Crippen LogP contribution in [-0.2, 0) is 11.3 Å². The van der Waals surface area contributed by atoms with E-state index in [-0.39, 0.29) is 6.09 Å². The van der Waals surface area contributed by atoms with Crippen LogP contribution in [0.1, 0.15) is 39.2 Å². The topological polar surface area (TPSA) is 91.8 Å². The van der Waals surface area contributed by atoms with Crippen LogP contribution in [0.2, 0.25) is 10.0 Å². The summed E-state index contributed by atoms with van der Waals surface area (Å²) in [5, 5.41) is 7.39. The van der Waals surface area contributed by atoms with Gasteiger partial charge in [0, 0.05) is 60.9 Å². The van der Waals surface area contributed by atoms with Crippen LogP contribution in [0.4, 0.5) is 10.6 Å². The fraction of sp³-hybridized carbons (Fsp3) is 0.469. The fourth-order valence-electron chi connectivity index (χ4n) is 5.34. The van der Waals surface area contributed by atoms with E-state index in [1.165, 1.54) is 0 Å². The first-order chi connectivity index (χ1) is 20.6. The summed E-state index contributed by atoms with van der Waals surface area (Å²) in [6, 6.07) is 13.4. The maximum atomic E-state index is 12.1. The molecule has 1 aromatic carbocycles. The molecule has 0 saturated carbocycles. The van der Waals surface area contributed by atoms with Crippen molar-refractivity contribution in [2.75, 3.05) is 50.7 Å². The SMILES string of the molecule is CC(C)(C)OC(=O)NCC1CCN(Cc2cc(Oc3ccc(N4CCNCC4)nc3)nc(-c3cc(Cl)cc(Cl)c3)c2)CC1. The number of nitrogens with zero attached hydrogens (tertiary/aromatic N) is 4. The number of hydrogen-bond acceptors (Lipinski definition) is 8. The summed E-state index contributed by atoms with van der Waals surface area (Å²) in [7, 11) is 0. The molecule has 43 heavy (non-hydrogen) atoms. The number of alkyl carbamates (subject to hydrolysis) is 1. The molecule has 11 heteroatoms. The summed E-state index contributed by atoms with van der Waals surface area (Å²) in [4.78, 5) is 26.2. The molecule has 2 aromatic heterocycles. The Morgan fingerprint density at radius 2 is 1.74 bits per heavy atom. The van der Waals surface area contributed by atoms with Gasteiger partial charge in [-0.05, 0) is 94.6 Å². The Bertz CT molecular complexity index is 1360. The molecule has 0 atom stereocenters. The van der Waals surface area contributed by atoms with Crippen molar-refractivity contribution in [3.05, 3.63) is 64.3 Å². The first kappa shape index (κ1) is 31.3. The van der Waals surface area contributed by atoms with Gasteiger partial charge in [-0.25, -0.2) is 14.8 Å². The van der Waals surface area contributed by atoms with Gasteiger partial charge in [-0.3, -0.25) is 4.90 Å². The molecule has 0 radical (unpaired) electrons. The first-order valence-corrected chi connectivity index (χ1v) is 15.6. The Morgan fingerprint density at radius 1 is 1.02 bits per heavy atom. The number of halogens is 2. The van der Waals surface area contributed by atoms with Gasteiger partial charge >= 0.3 is 6.09 Å². The number of rotatable bonds is 8. The molecule has 2 N–H and O–H groups in total. The predicted molar refractivity (Wildman–Crippen MR) is 171 cm³/mol. The zero-order chi connectivity index (χ0) is 30.4. The van der Waals surface area contributed by atoms with E-state index in [1.807, 2.05) is 51.1 Å². The smallest absolute Gasteiger partial charge is 0.407 e. The molecule has 2 saturated heterocycles.